The Hall–Kier alpha value is -3.60. The number of aromatic nitrogens is 2. The fraction of sp³-hybridized carbons (Fsp3) is 0.400. The minimum absolute atomic E-state index is 0.0691. The molecule has 11 heteroatoms. The van der Waals surface area contributed by atoms with Crippen LogP contribution < -0.4 is 15.5 Å². The highest BCUT2D eigenvalue weighted by atomic mass is 19.3. The summed E-state index contributed by atoms with van der Waals surface area (Å²) in [4.78, 5) is 16.4. The van der Waals surface area contributed by atoms with E-state index in [-0.39, 0.29) is 17.6 Å². The molecule has 5 rings (SSSR count). The number of rotatable bonds is 6. The van der Waals surface area contributed by atoms with Gasteiger partial charge in [0.05, 0.1) is 48.3 Å². The Balaban J connectivity index is 1.31. The molecular weight excluding hydrogens is 473 g/mol. The van der Waals surface area contributed by atoms with Crippen molar-refractivity contribution in [1.29, 1.82) is 0 Å². The Labute approximate surface area is 206 Å². The lowest BCUT2D eigenvalue weighted by Gasteiger charge is -2.37. The van der Waals surface area contributed by atoms with Crippen LogP contribution in [0.1, 0.15) is 30.5 Å². The maximum absolute atomic E-state index is 14.7. The molecule has 0 aliphatic carbocycles. The topological polar surface area (TPSA) is 82.6 Å². The zero-order valence-corrected chi connectivity index (χ0v) is 19.8. The number of hydrogen-bond donors (Lipinski definition) is 2. The summed E-state index contributed by atoms with van der Waals surface area (Å²) in [7, 11) is 0. The number of nitrogens with one attached hydrogen (secondary N) is 2. The van der Waals surface area contributed by atoms with Crippen molar-refractivity contribution in [3.05, 3.63) is 59.5 Å². The molecular formula is C25H27F3N6O2. The SMILES string of the molecule is C[C@@H](Nc1cnnc2ccc(N3CCN(C(=O)NC4COC4)CC3)cc12)c1cccc(C(F)F)c1F. The van der Waals surface area contributed by atoms with Crippen molar-refractivity contribution in [2.24, 2.45) is 0 Å². The molecule has 36 heavy (non-hydrogen) atoms. The first-order chi connectivity index (χ1) is 17.4. The van der Waals surface area contributed by atoms with E-state index in [1.165, 1.54) is 12.1 Å². The minimum atomic E-state index is -2.89. The van der Waals surface area contributed by atoms with Gasteiger partial charge in [-0.15, -0.1) is 0 Å². The molecule has 3 heterocycles. The van der Waals surface area contributed by atoms with Gasteiger partial charge >= 0.3 is 6.03 Å². The van der Waals surface area contributed by atoms with Gasteiger partial charge in [0.25, 0.3) is 6.43 Å². The van der Waals surface area contributed by atoms with E-state index in [4.69, 9.17) is 4.74 Å². The van der Waals surface area contributed by atoms with Gasteiger partial charge in [-0.2, -0.15) is 10.2 Å². The second kappa shape index (κ2) is 10.2. The molecule has 2 fully saturated rings. The smallest absolute Gasteiger partial charge is 0.317 e. The number of carbonyl (C=O) groups excluding carboxylic acids is 1. The third-order valence-electron chi connectivity index (χ3n) is 6.65. The van der Waals surface area contributed by atoms with E-state index in [9.17, 15) is 18.0 Å². The van der Waals surface area contributed by atoms with Gasteiger partial charge in [0, 0.05) is 42.8 Å². The molecule has 0 radical (unpaired) electrons. The van der Waals surface area contributed by atoms with E-state index in [0.717, 1.165) is 17.1 Å². The summed E-state index contributed by atoms with van der Waals surface area (Å²) < 4.78 is 46.1. The number of hydrogen-bond acceptors (Lipinski definition) is 6. The molecule has 2 aliphatic heterocycles. The van der Waals surface area contributed by atoms with Crippen molar-refractivity contribution >= 4 is 28.3 Å². The molecule has 0 saturated carbocycles. The van der Waals surface area contributed by atoms with Crippen LogP contribution in [0.15, 0.2) is 42.6 Å². The van der Waals surface area contributed by atoms with Gasteiger partial charge in [-0.1, -0.05) is 18.2 Å². The van der Waals surface area contributed by atoms with Crippen molar-refractivity contribution in [3.8, 4) is 0 Å². The lowest BCUT2D eigenvalue weighted by molar-refractivity contribution is -0.00210. The average Bonchev–Trinajstić information content (AvgIpc) is 2.86. The first-order valence-corrected chi connectivity index (χ1v) is 11.9. The zero-order chi connectivity index (χ0) is 25.2. The molecule has 2 saturated heterocycles. The first kappa shape index (κ1) is 24.1. The Morgan fingerprint density at radius 1 is 1.11 bits per heavy atom. The highest BCUT2D eigenvalue weighted by Gasteiger charge is 2.26. The van der Waals surface area contributed by atoms with Gasteiger partial charge in [0.2, 0.25) is 0 Å². The van der Waals surface area contributed by atoms with Crippen LogP contribution in [0.25, 0.3) is 10.9 Å². The van der Waals surface area contributed by atoms with Crippen molar-refractivity contribution in [2.75, 3.05) is 49.6 Å². The summed E-state index contributed by atoms with van der Waals surface area (Å²) >= 11 is 0. The van der Waals surface area contributed by atoms with E-state index in [1.54, 1.807) is 18.0 Å². The highest BCUT2D eigenvalue weighted by Crippen LogP contribution is 2.32. The highest BCUT2D eigenvalue weighted by molar-refractivity contribution is 5.93. The second-order valence-corrected chi connectivity index (χ2v) is 9.03. The van der Waals surface area contributed by atoms with Gasteiger partial charge in [-0.05, 0) is 25.1 Å². The number of halogens is 3. The number of piperazine rings is 1. The van der Waals surface area contributed by atoms with Gasteiger partial charge in [-0.3, -0.25) is 0 Å². The van der Waals surface area contributed by atoms with Crippen LogP contribution in [0.3, 0.4) is 0 Å². The molecule has 190 valence electrons. The summed E-state index contributed by atoms with van der Waals surface area (Å²) in [6.45, 7) is 5.36. The maximum Gasteiger partial charge on any atom is 0.317 e. The predicted octanol–water partition coefficient (Wildman–Crippen LogP) is 4.11. The normalized spacial score (nSPS) is 17.2. The third-order valence-corrected chi connectivity index (χ3v) is 6.65. The molecule has 2 aromatic carbocycles. The summed E-state index contributed by atoms with van der Waals surface area (Å²) in [6, 6.07) is 9.26. The van der Waals surface area contributed by atoms with E-state index < -0.39 is 23.8 Å². The second-order valence-electron chi connectivity index (χ2n) is 9.03. The largest absolute Gasteiger partial charge is 0.377 e. The number of amides is 2. The van der Waals surface area contributed by atoms with E-state index in [2.05, 4.69) is 25.7 Å². The fourth-order valence-electron chi connectivity index (χ4n) is 4.49. The number of carbonyl (C=O) groups is 1. The molecule has 1 aromatic heterocycles. The summed E-state index contributed by atoms with van der Waals surface area (Å²) in [5, 5.41) is 15.2. The Morgan fingerprint density at radius 2 is 1.86 bits per heavy atom. The molecule has 2 amide bonds. The lowest BCUT2D eigenvalue weighted by Crippen LogP contribution is -2.57. The average molecular weight is 501 g/mol. The molecule has 8 nitrogen and oxygen atoms in total. The van der Waals surface area contributed by atoms with Crippen molar-refractivity contribution in [1.82, 2.24) is 20.4 Å². The van der Waals surface area contributed by atoms with Crippen LogP contribution in [-0.4, -0.2) is 66.6 Å². The van der Waals surface area contributed by atoms with Gasteiger partial charge in [-0.25, -0.2) is 18.0 Å². The minimum Gasteiger partial charge on any atom is -0.377 e. The number of ether oxygens (including phenoxy) is 1. The monoisotopic (exact) mass is 500 g/mol. The molecule has 3 aromatic rings. The number of nitrogens with zero attached hydrogens (tertiary/aromatic N) is 4. The summed E-state index contributed by atoms with van der Waals surface area (Å²) in [5.41, 5.74) is 1.77. The Kier molecular flexibility index (Phi) is 6.82. The lowest BCUT2D eigenvalue weighted by atomic mass is 10.0. The number of anilines is 2. The zero-order valence-electron chi connectivity index (χ0n) is 19.8. The first-order valence-electron chi connectivity index (χ1n) is 11.9. The van der Waals surface area contributed by atoms with E-state index >= 15 is 0 Å². The molecule has 0 bridgehead atoms. The standard InChI is InChI=1S/C25H27F3N6O2/c1-15(18-3-2-4-19(23(18)26)24(27)28)30-22-12-29-32-21-6-5-17(11-20(21)22)33-7-9-34(10-8-33)25(35)31-16-13-36-14-16/h2-6,11-12,15-16,24H,7-10,13-14H2,1H3,(H,30,32)(H,31,35)/t15-/m1/s1. The predicted molar refractivity (Wildman–Crippen MR) is 130 cm³/mol. The van der Waals surface area contributed by atoms with E-state index in [1.807, 2.05) is 18.2 Å². The number of benzene rings is 2. The Bertz CT molecular complexity index is 1250. The summed E-state index contributed by atoms with van der Waals surface area (Å²) in [5.74, 6) is -0.911. The molecule has 0 unspecified atom stereocenters. The van der Waals surface area contributed by atoms with Gasteiger partial charge in [0.1, 0.15) is 5.82 Å². The van der Waals surface area contributed by atoms with E-state index in [0.29, 0.717) is 50.6 Å². The van der Waals surface area contributed by atoms with Gasteiger partial charge < -0.3 is 25.2 Å². The molecule has 1 atom stereocenters. The van der Waals surface area contributed by atoms with Crippen LogP contribution >= 0.6 is 0 Å². The number of fused-ring (bicyclic) bond motifs is 1. The Morgan fingerprint density at radius 3 is 2.56 bits per heavy atom. The van der Waals surface area contributed by atoms with Crippen LogP contribution in [0.5, 0.6) is 0 Å². The van der Waals surface area contributed by atoms with Crippen molar-refractivity contribution < 1.29 is 22.7 Å². The number of alkyl halides is 2. The van der Waals surface area contributed by atoms with Crippen LogP contribution in [-0.2, 0) is 4.74 Å². The molecule has 2 N–H and O–H groups in total. The summed E-state index contributed by atoms with van der Waals surface area (Å²) in [6.07, 6.45) is -1.34. The molecule has 2 aliphatic rings. The van der Waals surface area contributed by atoms with Crippen molar-refractivity contribution in [2.45, 2.75) is 25.4 Å². The van der Waals surface area contributed by atoms with Crippen LogP contribution in [0.4, 0.5) is 29.3 Å². The quantitative estimate of drug-likeness (QED) is 0.530. The third kappa shape index (κ3) is 4.88. The van der Waals surface area contributed by atoms with Crippen LogP contribution in [0, 0.1) is 5.82 Å². The van der Waals surface area contributed by atoms with Crippen LogP contribution in [0.2, 0.25) is 0 Å². The molecule has 0 spiro atoms. The fourth-order valence-corrected chi connectivity index (χ4v) is 4.49. The maximum atomic E-state index is 14.7. The number of urea groups is 1. The van der Waals surface area contributed by atoms with Gasteiger partial charge in [0.15, 0.2) is 0 Å². The van der Waals surface area contributed by atoms with Crippen molar-refractivity contribution in [3.63, 3.8) is 0 Å².